The quantitative estimate of drug-likeness (QED) is 0.831. The number of hydrogen-bond acceptors (Lipinski definition) is 3. The van der Waals surface area contributed by atoms with E-state index in [1.807, 2.05) is 41.7 Å². The van der Waals surface area contributed by atoms with Crippen molar-refractivity contribution in [2.75, 3.05) is 13.7 Å². The maximum atomic E-state index is 10.2. The summed E-state index contributed by atoms with van der Waals surface area (Å²) >= 11 is 0. The van der Waals surface area contributed by atoms with Crippen LogP contribution in [0.15, 0.2) is 12.1 Å². The molecule has 0 saturated carbocycles. The Hall–Kier alpha value is -1.06. The Bertz CT molecular complexity index is 402. The van der Waals surface area contributed by atoms with Crippen molar-refractivity contribution in [3.05, 3.63) is 28.8 Å². The fourth-order valence-corrected chi connectivity index (χ4v) is 1.96. The van der Waals surface area contributed by atoms with E-state index in [4.69, 9.17) is 4.74 Å². The molecule has 1 aromatic carbocycles. The number of rotatable bonds is 6. The zero-order chi connectivity index (χ0) is 14.6. The summed E-state index contributed by atoms with van der Waals surface area (Å²) in [6.07, 6.45) is 0. The number of nitrogens with one attached hydrogen (secondary N) is 1. The summed E-state index contributed by atoms with van der Waals surface area (Å²) in [5, 5.41) is 13.4. The number of aryl methyl sites for hydroxylation is 2. The average Bonchev–Trinajstić information content (AvgIpc) is 2.27. The first-order valence-corrected chi connectivity index (χ1v) is 6.88. The lowest BCUT2D eigenvalue weighted by molar-refractivity contribution is -0.0269. The largest absolute Gasteiger partial charge is 0.490 e. The van der Waals surface area contributed by atoms with Gasteiger partial charge in [0.15, 0.2) is 0 Å². The monoisotopic (exact) mass is 265 g/mol. The Labute approximate surface area is 117 Å². The normalized spacial score (nSPS) is 14.5. The fraction of sp³-hybridized carbons (Fsp3) is 0.625. The van der Waals surface area contributed by atoms with E-state index in [0.717, 1.165) is 23.4 Å². The van der Waals surface area contributed by atoms with Crippen LogP contribution in [0.25, 0.3) is 0 Å². The van der Waals surface area contributed by atoms with Crippen LogP contribution in [0.4, 0.5) is 0 Å². The summed E-state index contributed by atoms with van der Waals surface area (Å²) in [4.78, 5) is 0. The van der Waals surface area contributed by atoms with Gasteiger partial charge in [0.25, 0.3) is 0 Å². The fourth-order valence-electron chi connectivity index (χ4n) is 1.96. The average molecular weight is 265 g/mol. The predicted molar refractivity (Wildman–Crippen MR) is 79.6 cm³/mol. The lowest BCUT2D eigenvalue weighted by atomic mass is 9.93. The molecule has 0 amide bonds. The van der Waals surface area contributed by atoms with E-state index in [-0.39, 0.29) is 5.92 Å². The second kappa shape index (κ2) is 6.40. The highest BCUT2D eigenvalue weighted by Gasteiger charge is 2.26. The Kier molecular flexibility index (Phi) is 5.39. The van der Waals surface area contributed by atoms with Gasteiger partial charge in [-0.25, -0.2) is 0 Å². The molecule has 3 nitrogen and oxygen atoms in total. The van der Waals surface area contributed by atoms with Crippen LogP contribution in [-0.4, -0.2) is 24.4 Å². The highest BCUT2D eigenvalue weighted by Crippen LogP contribution is 2.27. The molecule has 1 unspecified atom stereocenters. The summed E-state index contributed by atoms with van der Waals surface area (Å²) in [5.74, 6) is 1.05. The van der Waals surface area contributed by atoms with E-state index in [1.54, 1.807) is 0 Å². The molecule has 0 spiro atoms. The third kappa shape index (κ3) is 4.22. The van der Waals surface area contributed by atoms with Crippen LogP contribution in [0, 0.1) is 19.8 Å². The van der Waals surface area contributed by atoms with Gasteiger partial charge >= 0.3 is 0 Å². The van der Waals surface area contributed by atoms with Gasteiger partial charge in [-0.15, -0.1) is 0 Å². The molecule has 1 atom stereocenters. The molecule has 0 bridgehead atoms. The highest BCUT2D eigenvalue weighted by molar-refractivity contribution is 5.43. The van der Waals surface area contributed by atoms with Crippen LogP contribution < -0.4 is 10.1 Å². The molecule has 108 valence electrons. The van der Waals surface area contributed by atoms with E-state index in [2.05, 4.69) is 17.4 Å². The van der Waals surface area contributed by atoms with Gasteiger partial charge in [-0.05, 0) is 50.4 Å². The first-order valence-electron chi connectivity index (χ1n) is 6.88. The van der Waals surface area contributed by atoms with Crippen molar-refractivity contribution in [2.45, 2.75) is 46.8 Å². The Morgan fingerprint density at radius 1 is 1.26 bits per heavy atom. The SMILES string of the molecule is CNCc1cc(C)c(OCC(C)(O)C(C)C)c(C)c1. The van der Waals surface area contributed by atoms with Crippen molar-refractivity contribution in [1.29, 1.82) is 0 Å². The van der Waals surface area contributed by atoms with Gasteiger partial charge in [0, 0.05) is 6.54 Å². The smallest absolute Gasteiger partial charge is 0.125 e. The summed E-state index contributed by atoms with van der Waals surface area (Å²) in [6, 6.07) is 4.26. The van der Waals surface area contributed by atoms with E-state index in [9.17, 15) is 5.11 Å². The maximum Gasteiger partial charge on any atom is 0.125 e. The summed E-state index contributed by atoms with van der Waals surface area (Å²) in [5.41, 5.74) is 2.68. The number of ether oxygens (including phenoxy) is 1. The van der Waals surface area contributed by atoms with E-state index >= 15 is 0 Å². The first-order chi connectivity index (χ1) is 8.77. The minimum Gasteiger partial charge on any atom is -0.490 e. The minimum atomic E-state index is -0.803. The number of benzene rings is 1. The minimum absolute atomic E-state index is 0.164. The molecule has 0 aliphatic heterocycles. The van der Waals surface area contributed by atoms with Gasteiger partial charge in [-0.1, -0.05) is 26.0 Å². The van der Waals surface area contributed by atoms with Crippen molar-refractivity contribution < 1.29 is 9.84 Å². The van der Waals surface area contributed by atoms with Gasteiger partial charge in [0.1, 0.15) is 12.4 Å². The molecule has 2 N–H and O–H groups in total. The molecule has 0 aromatic heterocycles. The molecule has 0 aliphatic carbocycles. The topological polar surface area (TPSA) is 41.5 Å². The van der Waals surface area contributed by atoms with Crippen LogP contribution in [0.2, 0.25) is 0 Å². The molecule has 0 radical (unpaired) electrons. The van der Waals surface area contributed by atoms with Crippen molar-refractivity contribution in [3.63, 3.8) is 0 Å². The van der Waals surface area contributed by atoms with Crippen LogP contribution in [0.1, 0.15) is 37.5 Å². The van der Waals surface area contributed by atoms with Gasteiger partial charge in [-0.3, -0.25) is 0 Å². The molecule has 0 aliphatic rings. The zero-order valence-electron chi connectivity index (χ0n) is 13.0. The van der Waals surface area contributed by atoms with Crippen LogP contribution in [0.3, 0.4) is 0 Å². The van der Waals surface area contributed by atoms with Gasteiger partial charge in [0.2, 0.25) is 0 Å². The molecule has 19 heavy (non-hydrogen) atoms. The molecule has 0 heterocycles. The van der Waals surface area contributed by atoms with Gasteiger partial charge in [0.05, 0.1) is 5.60 Å². The summed E-state index contributed by atoms with van der Waals surface area (Å²) in [7, 11) is 1.94. The molecule has 1 rings (SSSR count). The summed E-state index contributed by atoms with van der Waals surface area (Å²) in [6.45, 7) is 11.1. The molecule has 0 fully saturated rings. The lowest BCUT2D eigenvalue weighted by Gasteiger charge is -2.28. The van der Waals surface area contributed by atoms with Gasteiger partial charge < -0.3 is 15.2 Å². The standard InChI is InChI=1S/C16H27NO2/c1-11(2)16(5,18)10-19-15-12(3)7-14(9-17-6)8-13(15)4/h7-8,11,17-18H,9-10H2,1-6H3. The van der Waals surface area contributed by atoms with Crippen LogP contribution in [-0.2, 0) is 6.54 Å². The van der Waals surface area contributed by atoms with Gasteiger partial charge in [-0.2, -0.15) is 0 Å². The van der Waals surface area contributed by atoms with Crippen molar-refractivity contribution in [1.82, 2.24) is 5.32 Å². The Morgan fingerprint density at radius 2 is 1.79 bits per heavy atom. The molecule has 1 aromatic rings. The number of hydrogen-bond donors (Lipinski definition) is 2. The van der Waals surface area contributed by atoms with Crippen LogP contribution >= 0.6 is 0 Å². The maximum absolute atomic E-state index is 10.2. The zero-order valence-corrected chi connectivity index (χ0v) is 13.0. The predicted octanol–water partition coefficient (Wildman–Crippen LogP) is 2.81. The second-order valence-corrected chi connectivity index (χ2v) is 5.89. The molecular formula is C16H27NO2. The molecule has 0 saturated heterocycles. The Morgan fingerprint density at radius 3 is 2.21 bits per heavy atom. The van der Waals surface area contributed by atoms with Crippen molar-refractivity contribution >= 4 is 0 Å². The number of aliphatic hydroxyl groups is 1. The van der Waals surface area contributed by atoms with E-state index < -0.39 is 5.60 Å². The highest BCUT2D eigenvalue weighted by atomic mass is 16.5. The second-order valence-electron chi connectivity index (χ2n) is 5.89. The van der Waals surface area contributed by atoms with E-state index in [0.29, 0.717) is 6.61 Å². The van der Waals surface area contributed by atoms with E-state index in [1.165, 1.54) is 5.56 Å². The third-order valence-corrected chi connectivity index (χ3v) is 3.65. The molecule has 3 heteroatoms. The first kappa shape index (κ1) is 16.0. The lowest BCUT2D eigenvalue weighted by Crippen LogP contribution is -2.38. The van der Waals surface area contributed by atoms with Crippen molar-refractivity contribution in [3.8, 4) is 5.75 Å². The van der Waals surface area contributed by atoms with Crippen LogP contribution in [0.5, 0.6) is 5.75 Å². The third-order valence-electron chi connectivity index (χ3n) is 3.65. The summed E-state index contributed by atoms with van der Waals surface area (Å²) < 4.78 is 5.86. The molecular weight excluding hydrogens is 238 g/mol. The Balaban J connectivity index is 2.85. The van der Waals surface area contributed by atoms with Crippen molar-refractivity contribution in [2.24, 2.45) is 5.92 Å².